The van der Waals surface area contributed by atoms with E-state index in [2.05, 4.69) is 10.6 Å². The monoisotopic (exact) mass is 200 g/mol. The van der Waals surface area contributed by atoms with E-state index in [1.165, 1.54) is 0 Å². The van der Waals surface area contributed by atoms with E-state index in [9.17, 15) is 9.59 Å². The van der Waals surface area contributed by atoms with E-state index in [4.69, 9.17) is 4.74 Å². The van der Waals surface area contributed by atoms with Crippen LogP contribution >= 0.6 is 0 Å². The van der Waals surface area contributed by atoms with Crippen molar-refractivity contribution in [3.8, 4) is 0 Å². The van der Waals surface area contributed by atoms with Crippen LogP contribution in [-0.2, 0) is 14.3 Å². The Labute approximate surface area is 83.2 Å². The van der Waals surface area contributed by atoms with Gasteiger partial charge in [-0.25, -0.2) is 0 Å². The summed E-state index contributed by atoms with van der Waals surface area (Å²) < 4.78 is 4.81. The van der Waals surface area contributed by atoms with Crippen LogP contribution < -0.4 is 10.6 Å². The summed E-state index contributed by atoms with van der Waals surface area (Å²) in [6.07, 6.45) is 1.03. The Kier molecular flexibility index (Phi) is 4.39. The normalized spacial score (nSPS) is 21.5. The lowest BCUT2D eigenvalue weighted by atomic mass is 9.97. The number of hydrogen-bond donors (Lipinski definition) is 2. The fourth-order valence-electron chi connectivity index (χ4n) is 1.43. The number of nitrogens with one attached hydrogen (secondary N) is 2. The van der Waals surface area contributed by atoms with Gasteiger partial charge < -0.3 is 15.4 Å². The molecule has 0 radical (unpaired) electrons. The maximum Gasteiger partial charge on any atom is 0.223 e. The standard InChI is InChI=1S/C9H16N2O3/c1-14-5-4-11-9(13)7-2-3-10-8(12)6-7/h7H,2-6H2,1H3,(H,10,12)(H,11,13). The second-order valence-electron chi connectivity index (χ2n) is 3.32. The van der Waals surface area contributed by atoms with Crippen LogP contribution in [0.4, 0.5) is 0 Å². The Hall–Kier alpha value is -1.10. The van der Waals surface area contributed by atoms with Crippen molar-refractivity contribution in [3.05, 3.63) is 0 Å². The largest absolute Gasteiger partial charge is 0.383 e. The van der Waals surface area contributed by atoms with Gasteiger partial charge in [-0.2, -0.15) is 0 Å². The van der Waals surface area contributed by atoms with Crippen LogP contribution in [-0.4, -0.2) is 38.6 Å². The molecule has 0 aromatic rings. The minimum atomic E-state index is -0.166. The van der Waals surface area contributed by atoms with E-state index >= 15 is 0 Å². The van der Waals surface area contributed by atoms with Gasteiger partial charge in [0.05, 0.1) is 6.61 Å². The zero-order valence-corrected chi connectivity index (χ0v) is 8.34. The van der Waals surface area contributed by atoms with E-state index in [1.807, 2.05) is 0 Å². The minimum Gasteiger partial charge on any atom is -0.383 e. The van der Waals surface area contributed by atoms with E-state index < -0.39 is 0 Å². The van der Waals surface area contributed by atoms with Gasteiger partial charge >= 0.3 is 0 Å². The highest BCUT2D eigenvalue weighted by atomic mass is 16.5. The zero-order valence-electron chi connectivity index (χ0n) is 8.34. The molecular weight excluding hydrogens is 184 g/mol. The van der Waals surface area contributed by atoms with Crippen LogP contribution in [0.3, 0.4) is 0 Å². The van der Waals surface area contributed by atoms with Gasteiger partial charge in [0.2, 0.25) is 11.8 Å². The third-order valence-corrected chi connectivity index (χ3v) is 2.22. The van der Waals surface area contributed by atoms with Crippen LogP contribution in [0.15, 0.2) is 0 Å². The van der Waals surface area contributed by atoms with Crippen molar-refractivity contribution in [2.24, 2.45) is 5.92 Å². The molecule has 0 aliphatic carbocycles. The van der Waals surface area contributed by atoms with Crippen LogP contribution in [0.2, 0.25) is 0 Å². The second-order valence-corrected chi connectivity index (χ2v) is 3.32. The third-order valence-electron chi connectivity index (χ3n) is 2.22. The molecule has 5 heteroatoms. The van der Waals surface area contributed by atoms with Crippen LogP contribution in [0.5, 0.6) is 0 Å². The summed E-state index contributed by atoms with van der Waals surface area (Å²) in [6, 6.07) is 0. The molecule has 1 aliphatic rings. The first-order valence-electron chi connectivity index (χ1n) is 4.77. The highest BCUT2D eigenvalue weighted by Gasteiger charge is 2.24. The molecule has 1 unspecified atom stereocenters. The lowest BCUT2D eigenvalue weighted by molar-refractivity contribution is -0.132. The Morgan fingerprint density at radius 3 is 3.14 bits per heavy atom. The molecular formula is C9H16N2O3. The van der Waals surface area contributed by atoms with E-state index in [1.54, 1.807) is 7.11 Å². The average Bonchev–Trinajstić information content (AvgIpc) is 2.18. The summed E-state index contributed by atoms with van der Waals surface area (Å²) in [5, 5.41) is 5.42. The van der Waals surface area contributed by atoms with Crippen molar-refractivity contribution in [2.75, 3.05) is 26.8 Å². The first-order chi connectivity index (χ1) is 6.74. The fraction of sp³-hybridized carbons (Fsp3) is 0.778. The number of carbonyl (C=O) groups excluding carboxylic acids is 2. The number of hydrogen-bond acceptors (Lipinski definition) is 3. The number of methoxy groups -OCH3 is 1. The predicted octanol–water partition coefficient (Wildman–Crippen LogP) is -0.725. The summed E-state index contributed by atoms with van der Waals surface area (Å²) in [7, 11) is 1.58. The van der Waals surface area contributed by atoms with Gasteiger partial charge in [-0.05, 0) is 6.42 Å². The molecule has 1 rings (SSSR count). The molecule has 1 saturated heterocycles. The Balaban J connectivity index is 2.25. The first-order valence-corrected chi connectivity index (χ1v) is 4.77. The van der Waals surface area contributed by atoms with Gasteiger partial charge in [0.15, 0.2) is 0 Å². The molecule has 0 aromatic heterocycles. The van der Waals surface area contributed by atoms with Crippen LogP contribution in [0, 0.1) is 5.92 Å². The smallest absolute Gasteiger partial charge is 0.223 e. The van der Waals surface area contributed by atoms with Gasteiger partial charge in [-0.1, -0.05) is 0 Å². The van der Waals surface area contributed by atoms with Crippen molar-refractivity contribution in [1.29, 1.82) is 0 Å². The van der Waals surface area contributed by atoms with Crippen LogP contribution in [0.1, 0.15) is 12.8 Å². The molecule has 1 aliphatic heterocycles. The molecule has 1 atom stereocenters. The summed E-state index contributed by atoms with van der Waals surface area (Å²) in [5.74, 6) is -0.249. The first kappa shape index (κ1) is 11.0. The molecule has 0 aromatic carbocycles. The topological polar surface area (TPSA) is 67.4 Å². The highest BCUT2D eigenvalue weighted by molar-refractivity contribution is 5.86. The quantitative estimate of drug-likeness (QED) is 0.588. The molecule has 2 amide bonds. The maximum atomic E-state index is 11.5. The van der Waals surface area contributed by atoms with E-state index in [-0.39, 0.29) is 17.7 Å². The Morgan fingerprint density at radius 1 is 1.71 bits per heavy atom. The number of ether oxygens (including phenoxy) is 1. The van der Waals surface area contributed by atoms with Gasteiger partial charge in [-0.15, -0.1) is 0 Å². The Bertz CT molecular complexity index is 218. The Morgan fingerprint density at radius 2 is 2.50 bits per heavy atom. The molecule has 14 heavy (non-hydrogen) atoms. The third kappa shape index (κ3) is 3.33. The highest BCUT2D eigenvalue weighted by Crippen LogP contribution is 2.11. The number of piperidine rings is 1. The predicted molar refractivity (Wildman–Crippen MR) is 50.6 cm³/mol. The van der Waals surface area contributed by atoms with E-state index in [0.717, 1.165) is 6.42 Å². The molecule has 2 N–H and O–H groups in total. The molecule has 0 spiro atoms. The molecule has 80 valence electrons. The molecule has 0 bridgehead atoms. The summed E-state index contributed by atoms with van der Waals surface area (Å²) >= 11 is 0. The zero-order chi connectivity index (χ0) is 10.4. The fourth-order valence-corrected chi connectivity index (χ4v) is 1.43. The van der Waals surface area contributed by atoms with Crippen molar-refractivity contribution in [2.45, 2.75) is 12.8 Å². The molecule has 5 nitrogen and oxygen atoms in total. The average molecular weight is 200 g/mol. The SMILES string of the molecule is COCCNC(=O)C1CCNC(=O)C1. The van der Waals surface area contributed by atoms with Crippen molar-refractivity contribution >= 4 is 11.8 Å². The van der Waals surface area contributed by atoms with E-state index in [0.29, 0.717) is 26.1 Å². The lowest BCUT2D eigenvalue weighted by Gasteiger charge is -2.21. The van der Waals surface area contributed by atoms with Crippen molar-refractivity contribution in [1.82, 2.24) is 10.6 Å². The van der Waals surface area contributed by atoms with Crippen molar-refractivity contribution in [3.63, 3.8) is 0 Å². The van der Waals surface area contributed by atoms with Gasteiger partial charge in [0.1, 0.15) is 0 Å². The number of carbonyl (C=O) groups is 2. The summed E-state index contributed by atoms with van der Waals surface area (Å²) in [4.78, 5) is 22.5. The maximum absolute atomic E-state index is 11.5. The minimum absolute atomic E-state index is 0.0388. The number of amides is 2. The molecule has 1 heterocycles. The van der Waals surface area contributed by atoms with Gasteiger partial charge in [0, 0.05) is 32.5 Å². The lowest BCUT2D eigenvalue weighted by Crippen LogP contribution is -2.41. The van der Waals surface area contributed by atoms with Gasteiger partial charge in [-0.3, -0.25) is 9.59 Å². The number of rotatable bonds is 4. The van der Waals surface area contributed by atoms with Gasteiger partial charge in [0.25, 0.3) is 0 Å². The second kappa shape index (κ2) is 5.59. The molecule has 0 saturated carbocycles. The summed E-state index contributed by atoms with van der Waals surface area (Å²) in [5.41, 5.74) is 0. The summed E-state index contributed by atoms with van der Waals surface area (Å²) in [6.45, 7) is 1.61. The van der Waals surface area contributed by atoms with Crippen LogP contribution in [0.25, 0.3) is 0 Å². The van der Waals surface area contributed by atoms with Crippen molar-refractivity contribution < 1.29 is 14.3 Å². The molecule has 1 fully saturated rings.